The highest BCUT2D eigenvalue weighted by Crippen LogP contribution is 2.25. The van der Waals surface area contributed by atoms with Crippen molar-refractivity contribution in [3.63, 3.8) is 0 Å². The number of ether oxygens (including phenoxy) is 1. The Kier molecular flexibility index (Phi) is 4.99. The van der Waals surface area contributed by atoms with Crippen LogP contribution in [-0.2, 0) is 9.59 Å². The number of nitrogens with zero attached hydrogens (tertiary/aromatic N) is 1. The minimum atomic E-state index is -0.802. The second-order valence-electron chi connectivity index (χ2n) is 5.94. The molecule has 26 heavy (non-hydrogen) atoms. The number of hydrogen-bond donors (Lipinski definition) is 2. The monoisotopic (exact) mass is 353 g/mol. The number of nitrogens with one attached hydrogen (secondary N) is 2. The van der Waals surface area contributed by atoms with Gasteiger partial charge in [0, 0.05) is 5.56 Å². The molecule has 134 valence electrons. The molecule has 3 amide bonds. The highest BCUT2D eigenvalue weighted by atomic mass is 16.5. The zero-order chi connectivity index (χ0) is 18.7. The first-order valence-corrected chi connectivity index (χ1v) is 8.13. The minimum absolute atomic E-state index is 0.0178. The van der Waals surface area contributed by atoms with Crippen molar-refractivity contribution in [2.45, 2.75) is 19.4 Å². The van der Waals surface area contributed by atoms with Crippen LogP contribution >= 0.6 is 0 Å². The van der Waals surface area contributed by atoms with Gasteiger partial charge in [-0.1, -0.05) is 18.2 Å². The van der Waals surface area contributed by atoms with Crippen LogP contribution in [0, 0.1) is 6.92 Å². The molecule has 0 radical (unpaired) electrons. The van der Waals surface area contributed by atoms with Crippen LogP contribution in [-0.4, -0.2) is 30.9 Å². The summed E-state index contributed by atoms with van der Waals surface area (Å²) in [4.78, 5) is 38.2. The van der Waals surface area contributed by atoms with Crippen LogP contribution in [0.2, 0.25) is 0 Å². The largest absolute Gasteiger partial charge is 0.497 e. The predicted octanol–water partition coefficient (Wildman–Crippen LogP) is 1.57. The van der Waals surface area contributed by atoms with Gasteiger partial charge < -0.3 is 4.74 Å². The number of imide groups is 1. The summed E-state index contributed by atoms with van der Waals surface area (Å²) >= 11 is 0. The Hall–Kier alpha value is -3.19. The van der Waals surface area contributed by atoms with E-state index in [0.29, 0.717) is 17.0 Å². The molecule has 1 aliphatic rings. The highest BCUT2D eigenvalue weighted by Gasteiger charge is 2.40. The van der Waals surface area contributed by atoms with Crippen molar-refractivity contribution < 1.29 is 19.1 Å². The molecule has 0 bridgehead atoms. The molecule has 1 aliphatic heterocycles. The Labute approximate surface area is 150 Å². The fraction of sp³-hybridized carbons (Fsp3) is 0.211. The third kappa shape index (κ3) is 3.43. The lowest BCUT2D eigenvalue weighted by Gasteiger charge is -2.17. The van der Waals surface area contributed by atoms with Gasteiger partial charge in [-0.15, -0.1) is 0 Å². The summed E-state index contributed by atoms with van der Waals surface area (Å²) in [5.74, 6) is -0.456. The number of amides is 3. The van der Waals surface area contributed by atoms with Crippen LogP contribution in [0.3, 0.4) is 0 Å². The lowest BCUT2D eigenvalue weighted by atomic mass is 10.2. The summed E-state index contributed by atoms with van der Waals surface area (Å²) in [5.41, 5.74) is 6.95. The summed E-state index contributed by atoms with van der Waals surface area (Å²) in [7, 11) is 1.54. The van der Waals surface area contributed by atoms with Crippen LogP contribution in [0.15, 0.2) is 48.5 Å². The fourth-order valence-electron chi connectivity index (χ4n) is 2.78. The van der Waals surface area contributed by atoms with Gasteiger partial charge in [0.2, 0.25) is 5.91 Å². The topological polar surface area (TPSA) is 87.7 Å². The average Bonchev–Trinajstić information content (AvgIpc) is 2.94. The van der Waals surface area contributed by atoms with Gasteiger partial charge in [-0.3, -0.25) is 19.8 Å². The van der Waals surface area contributed by atoms with Crippen LogP contribution in [0.25, 0.3) is 0 Å². The Bertz CT molecular complexity index is 848. The molecule has 0 aliphatic carbocycles. The number of aryl methyl sites for hydroxylation is 1. The van der Waals surface area contributed by atoms with Crippen molar-refractivity contribution in [2.75, 3.05) is 12.0 Å². The van der Waals surface area contributed by atoms with Crippen LogP contribution < -0.4 is 20.5 Å². The Balaban J connectivity index is 1.65. The summed E-state index contributed by atoms with van der Waals surface area (Å²) < 4.78 is 5.04. The van der Waals surface area contributed by atoms with E-state index < -0.39 is 11.9 Å². The van der Waals surface area contributed by atoms with Crippen LogP contribution in [0.5, 0.6) is 5.75 Å². The molecule has 0 unspecified atom stereocenters. The van der Waals surface area contributed by atoms with Crippen molar-refractivity contribution in [2.24, 2.45) is 0 Å². The molecule has 7 heteroatoms. The van der Waals surface area contributed by atoms with Crippen molar-refractivity contribution in [1.29, 1.82) is 0 Å². The minimum Gasteiger partial charge on any atom is -0.497 e. The van der Waals surface area contributed by atoms with E-state index in [1.165, 1.54) is 0 Å². The van der Waals surface area contributed by atoms with Crippen LogP contribution in [0.4, 0.5) is 5.69 Å². The Morgan fingerprint density at radius 1 is 1.12 bits per heavy atom. The number of para-hydroxylation sites is 1. The van der Waals surface area contributed by atoms with Gasteiger partial charge in [-0.25, -0.2) is 10.3 Å². The van der Waals surface area contributed by atoms with E-state index in [1.807, 2.05) is 19.1 Å². The van der Waals surface area contributed by atoms with E-state index in [4.69, 9.17) is 4.74 Å². The maximum atomic E-state index is 12.6. The maximum absolute atomic E-state index is 12.6. The number of hydrogen-bond acceptors (Lipinski definition) is 5. The Morgan fingerprint density at radius 3 is 2.46 bits per heavy atom. The number of benzene rings is 2. The molecule has 1 fully saturated rings. The standard InChI is InChI=1S/C19H19N3O4/c1-12-5-3-4-6-16(12)22-17(23)11-15(19(22)25)20-21-18(24)13-7-9-14(26-2)10-8-13/h3-10,15,20H,11H2,1-2H3,(H,21,24)/t15-/m0/s1. The fourth-order valence-corrected chi connectivity index (χ4v) is 2.78. The first-order valence-electron chi connectivity index (χ1n) is 8.13. The molecule has 0 saturated carbocycles. The molecule has 1 heterocycles. The lowest BCUT2D eigenvalue weighted by Crippen LogP contribution is -2.48. The number of carbonyl (C=O) groups is 3. The Morgan fingerprint density at radius 2 is 1.81 bits per heavy atom. The van der Waals surface area contributed by atoms with Crippen LogP contribution in [0.1, 0.15) is 22.3 Å². The van der Waals surface area contributed by atoms with E-state index >= 15 is 0 Å². The lowest BCUT2D eigenvalue weighted by molar-refractivity contribution is -0.121. The number of anilines is 1. The highest BCUT2D eigenvalue weighted by molar-refractivity contribution is 6.22. The first kappa shape index (κ1) is 17.6. The molecule has 7 nitrogen and oxygen atoms in total. The summed E-state index contributed by atoms with van der Waals surface area (Å²) in [5, 5.41) is 0. The van der Waals surface area contributed by atoms with Gasteiger partial charge in [0.05, 0.1) is 19.2 Å². The number of carbonyl (C=O) groups excluding carboxylic acids is 3. The first-order chi connectivity index (χ1) is 12.5. The van der Waals surface area contributed by atoms with Gasteiger partial charge >= 0.3 is 0 Å². The van der Waals surface area contributed by atoms with Crippen molar-refractivity contribution >= 4 is 23.4 Å². The SMILES string of the molecule is COc1ccc(C(=O)NN[C@H]2CC(=O)N(c3ccccc3C)C2=O)cc1. The molecule has 1 atom stereocenters. The van der Waals surface area contributed by atoms with Crippen molar-refractivity contribution in [3.8, 4) is 5.75 Å². The van der Waals surface area contributed by atoms with E-state index in [0.717, 1.165) is 10.5 Å². The van der Waals surface area contributed by atoms with E-state index in [2.05, 4.69) is 10.9 Å². The maximum Gasteiger partial charge on any atom is 0.265 e. The predicted molar refractivity (Wildman–Crippen MR) is 95.7 cm³/mol. The van der Waals surface area contributed by atoms with E-state index in [9.17, 15) is 14.4 Å². The second-order valence-corrected chi connectivity index (χ2v) is 5.94. The van der Waals surface area contributed by atoms with Gasteiger partial charge in [0.15, 0.2) is 0 Å². The number of rotatable bonds is 5. The molecule has 3 rings (SSSR count). The summed E-state index contributed by atoms with van der Waals surface area (Å²) in [6, 6.07) is 12.9. The molecular weight excluding hydrogens is 334 g/mol. The van der Waals surface area contributed by atoms with Gasteiger partial charge in [0.25, 0.3) is 11.8 Å². The van der Waals surface area contributed by atoms with Gasteiger partial charge in [0.1, 0.15) is 11.8 Å². The summed E-state index contributed by atoms with van der Waals surface area (Å²) in [6.07, 6.45) is -0.0178. The molecular formula is C19H19N3O4. The number of hydrazine groups is 1. The summed E-state index contributed by atoms with van der Waals surface area (Å²) in [6.45, 7) is 1.84. The van der Waals surface area contributed by atoms with Crippen molar-refractivity contribution in [3.05, 3.63) is 59.7 Å². The quantitative estimate of drug-likeness (QED) is 0.629. The molecule has 2 aromatic carbocycles. The number of methoxy groups -OCH3 is 1. The third-order valence-corrected chi connectivity index (χ3v) is 4.22. The molecule has 2 N–H and O–H groups in total. The zero-order valence-electron chi connectivity index (χ0n) is 14.5. The molecule has 0 spiro atoms. The average molecular weight is 353 g/mol. The molecule has 1 saturated heterocycles. The molecule has 0 aromatic heterocycles. The second kappa shape index (κ2) is 7.37. The third-order valence-electron chi connectivity index (χ3n) is 4.22. The molecule has 2 aromatic rings. The van der Waals surface area contributed by atoms with E-state index in [1.54, 1.807) is 43.5 Å². The van der Waals surface area contributed by atoms with E-state index in [-0.39, 0.29) is 18.2 Å². The van der Waals surface area contributed by atoms with Gasteiger partial charge in [-0.05, 0) is 42.8 Å². The van der Waals surface area contributed by atoms with Gasteiger partial charge in [-0.2, -0.15) is 0 Å². The smallest absolute Gasteiger partial charge is 0.265 e. The normalized spacial score (nSPS) is 16.7. The van der Waals surface area contributed by atoms with Crippen molar-refractivity contribution in [1.82, 2.24) is 10.9 Å². The zero-order valence-corrected chi connectivity index (χ0v) is 14.5.